The maximum absolute atomic E-state index is 12.4. The molecule has 3 aromatic rings. The van der Waals surface area contributed by atoms with Crippen LogP contribution in [0.25, 0.3) is 11.0 Å². The summed E-state index contributed by atoms with van der Waals surface area (Å²) in [5.74, 6) is 0.642. The molecule has 1 amide bonds. The van der Waals surface area contributed by atoms with Gasteiger partial charge in [0.15, 0.2) is 0 Å². The molecule has 0 unspecified atom stereocenters. The highest BCUT2D eigenvalue weighted by Gasteiger charge is 2.26. The quantitative estimate of drug-likeness (QED) is 0.225. The average Bonchev–Trinajstić information content (AvgIpc) is 2.94. The normalized spacial score (nSPS) is 11.7. The molecule has 3 rings (SSSR count). The van der Waals surface area contributed by atoms with Crippen LogP contribution in [0.15, 0.2) is 12.4 Å². The lowest BCUT2D eigenvalue weighted by molar-refractivity contribution is -0.910. The number of hydrogen-bond donors (Lipinski definition) is 2. The summed E-state index contributed by atoms with van der Waals surface area (Å²) in [5, 5.41) is 14.1. The molecule has 0 fully saturated rings. The minimum atomic E-state index is -0.598. The van der Waals surface area contributed by atoms with Crippen LogP contribution in [0.2, 0.25) is 5.15 Å². The third-order valence-corrected chi connectivity index (χ3v) is 5.87. The topological polar surface area (TPSA) is 93.2 Å². The SMILES string of the molecule is COc1c(C)c[n+](O)c(Cn2cc(I)c3c(Cl)nc(NC(=O)C(C)(C)C)nc32)c1C. The van der Waals surface area contributed by atoms with Crippen LogP contribution in [0.3, 0.4) is 0 Å². The van der Waals surface area contributed by atoms with E-state index in [2.05, 4.69) is 37.9 Å². The van der Waals surface area contributed by atoms with Gasteiger partial charge < -0.3 is 9.30 Å². The van der Waals surface area contributed by atoms with Crippen molar-refractivity contribution in [2.75, 3.05) is 12.4 Å². The van der Waals surface area contributed by atoms with Crippen LogP contribution in [0.1, 0.15) is 37.6 Å². The Labute approximate surface area is 193 Å². The number of anilines is 1. The zero-order chi connectivity index (χ0) is 22.4. The van der Waals surface area contributed by atoms with Gasteiger partial charge in [-0.3, -0.25) is 15.3 Å². The maximum atomic E-state index is 12.4. The number of nitrogens with zero attached hydrogens (tertiary/aromatic N) is 4. The Balaban J connectivity index is 2.11. The number of rotatable bonds is 4. The van der Waals surface area contributed by atoms with E-state index in [1.54, 1.807) is 13.3 Å². The van der Waals surface area contributed by atoms with Gasteiger partial charge in [-0.25, -0.2) is 0 Å². The van der Waals surface area contributed by atoms with Crippen molar-refractivity contribution in [3.8, 4) is 5.75 Å². The number of carbonyl (C=O) groups excluding carboxylic acids is 1. The molecule has 0 radical (unpaired) electrons. The summed E-state index contributed by atoms with van der Waals surface area (Å²) in [6.07, 6.45) is 3.49. The molecular weight excluding hydrogens is 521 g/mol. The fraction of sp³-hybridized carbons (Fsp3) is 0.400. The van der Waals surface area contributed by atoms with Gasteiger partial charge in [0.05, 0.1) is 23.6 Å². The van der Waals surface area contributed by atoms with Crippen LogP contribution in [-0.4, -0.2) is 32.8 Å². The molecule has 3 heterocycles. The standard InChI is InChI=1S/C20H23ClIN5O3/c1-10-7-27(29)13(11(2)15(10)30-6)9-26-8-12(22)14-16(21)23-19(24-17(14)26)25-18(28)20(3,4)5/h7-8H,9H2,1-6H3,(H-,23,24,25,28,29)/p+1. The van der Waals surface area contributed by atoms with E-state index in [-0.39, 0.29) is 17.0 Å². The van der Waals surface area contributed by atoms with Gasteiger partial charge in [0.1, 0.15) is 23.1 Å². The molecule has 0 aliphatic rings. The van der Waals surface area contributed by atoms with Crippen molar-refractivity contribution in [1.29, 1.82) is 0 Å². The number of aryl methyl sites for hydroxylation is 1. The first-order valence-corrected chi connectivity index (χ1v) is 10.7. The van der Waals surface area contributed by atoms with Crippen molar-refractivity contribution < 1.29 is 19.5 Å². The van der Waals surface area contributed by atoms with Crippen LogP contribution in [0, 0.1) is 22.8 Å². The molecule has 0 atom stereocenters. The smallest absolute Gasteiger partial charge is 0.260 e. The van der Waals surface area contributed by atoms with Crippen LogP contribution < -0.4 is 14.8 Å². The minimum absolute atomic E-state index is 0.137. The van der Waals surface area contributed by atoms with Crippen LogP contribution in [0.4, 0.5) is 5.95 Å². The molecule has 0 saturated heterocycles. The van der Waals surface area contributed by atoms with Crippen molar-refractivity contribution >= 4 is 57.1 Å². The van der Waals surface area contributed by atoms with E-state index in [4.69, 9.17) is 16.3 Å². The summed E-state index contributed by atoms with van der Waals surface area (Å²) >= 11 is 8.58. The molecule has 3 aromatic heterocycles. The Morgan fingerprint density at radius 1 is 1.37 bits per heavy atom. The van der Waals surface area contributed by atoms with Gasteiger partial charge >= 0.3 is 0 Å². The third-order valence-electron chi connectivity index (χ3n) is 4.78. The van der Waals surface area contributed by atoms with Crippen LogP contribution >= 0.6 is 34.2 Å². The van der Waals surface area contributed by atoms with Crippen molar-refractivity contribution in [2.45, 2.75) is 41.2 Å². The Kier molecular flexibility index (Phi) is 6.15. The van der Waals surface area contributed by atoms with Crippen molar-refractivity contribution in [3.63, 3.8) is 0 Å². The number of hydrogen-bond acceptors (Lipinski definition) is 5. The van der Waals surface area contributed by atoms with Gasteiger partial charge in [0.2, 0.25) is 18.1 Å². The predicted octanol–water partition coefficient (Wildman–Crippen LogP) is 3.87. The van der Waals surface area contributed by atoms with Gasteiger partial charge in [0.25, 0.3) is 5.69 Å². The van der Waals surface area contributed by atoms with Gasteiger partial charge in [0, 0.05) is 19.9 Å². The summed E-state index contributed by atoms with van der Waals surface area (Å²) in [7, 11) is 1.60. The van der Waals surface area contributed by atoms with E-state index in [0.29, 0.717) is 29.0 Å². The van der Waals surface area contributed by atoms with Gasteiger partial charge in [-0.2, -0.15) is 9.97 Å². The number of nitrogens with one attached hydrogen (secondary N) is 1. The Hall–Kier alpha value is -2.14. The summed E-state index contributed by atoms with van der Waals surface area (Å²) in [4.78, 5) is 21.1. The fourth-order valence-electron chi connectivity index (χ4n) is 3.15. The lowest BCUT2D eigenvalue weighted by atomic mass is 9.96. The number of fused-ring (bicyclic) bond motifs is 1. The first-order valence-electron chi connectivity index (χ1n) is 9.25. The second-order valence-electron chi connectivity index (χ2n) is 8.11. The molecule has 160 valence electrons. The van der Waals surface area contributed by atoms with E-state index >= 15 is 0 Å². The van der Waals surface area contributed by atoms with Gasteiger partial charge in [-0.05, 0) is 36.4 Å². The first kappa shape index (κ1) is 22.5. The lowest BCUT2D eigenvalue weighted by Crippen LogP contribution is -2.37. The second-order valence-corrected chi connectivity index (χ2v) is 9.63. The summed E-state index contributed by atoms with van der Waals surface area (Å²) < 4.78 is 9.31. The van der Waals surface area contributed by atoms with E-state index in [0.717, 1.165) is 19.4 Å². The number of methoxy groups -OCH3 is 1. The largest absolute Gasteiger partial charge is 0.496 e. The highest BCUT2D eigenvalue weighted by Crippen LogP contribution is 2.30. The molecule has 30 heavy (non-hydrogen) atoms. The number of ether oxygens (including phenoxy) is 1. The molecule has 0 aliphatic carbocycles. The van der Waals surface area contributed by atoms with E-state index < -0.39 is 5.41 Å². The molecule has 0 aliphatic heterocycles. The molecular formula is C20H24ClIN5O3+. The molecule has 10 heteroatoms. The zero-order valence-corrected chi connectivity index (χ0v) is 20.6. The lowest BCUT2D eigenvalue weighted by Gasteiger charge is -2.17. The summed E-state index contributed by atoms with van der Waals surface area (Å²) in [6, 6.07) is 0. The molecule has 0 aromatic carbocycles. The highest BCUT2D eigenvalue weighted by atomic mass is 127. The first-order chi connectivity index (χ1) is 13.9. The predicted molar refractivity (Wildman–Crippen MR) is 122 cm³/mol. The van der Waals surface area contributed by atoms with E-state index in [1.165, 1.54) is 0 Å². The molecule has 0 bridgehead atoms. The monoisotopic (exact) mass is 544 g/mol. The van der Waals surface area contributed by atoms with E-state index in [9.17, 15) is 10.0 Å². The average molecular weight is 545 g/mol. The van der Waals surface area contributed by atoms with Crippen molar-refractivity contribution in [3.05, 3.63) is 37.9 Å². The Morgan fingerprint density at radius 2 is 2.03 bits per heavy atom. The van der Waals surface area contributed by atoms with Gasteiger partial charge in [-0.15, -0.1) is 0 Å². The summed E-state index contributed by atoms with van der Waals surface area (Å²) in [6.45, 7) is 9.50. The Morgan fingerprint density at radius 3 is 2.63 bits per heavy atom. The van der Waals surface area contributed by atoms with Crippen molar-refractivity contribution in [1.82, 2.24) is 14.5 Å². The van der Waals surface area contributed by atoms with E-state index in [1.807, 2.05) is 45.4 Å². The highest BCUT2D eigenvalue weighted by molar-refractivity contribution is 14.1. The number of aromatic nitrogens is 4. The van der Waals surface area contributed by atoms with Gasteiger partial charge in [-0.1, -0.05) is 32.4 Å². The molecule has 0 saturated carbocycles. The van der Waals surface area contributed by atoms with Crippen LogP contribution in [-0.2, 0) is 11.3 Å². The summed E-state index contributed by atoms with van der Waals surface area (Å²) in [5.41, 5.74) is 2.24. The second kappa shape index (κ2) is 8.18. The molecule has 0 spiro atoms. The third kappa shape index (κ3) is 4.18. The zero-order valence-electron chi connectivity index (χ0n) is 17.7. The number of halogens is 2. The Bertz CT molecular complexity index is 1150. The number of pyridine rings is 1. The molecule has 2 N–H and O–H groups in total. The van der Waals surface area contributed by atoms with Crippen molar-refractivity contribution in [2.24, 2.45) is 5.41 Å². The number of carbonyl (C=O) groups is 1. The maximum Gasteiger partial charge on any atom is 0.260 e. The van der Waals surface area contributed by atoms with Crippen LogP contribution in [0.5, 0.6) is 5.75 Å². The fourth-order valence-corrected chi connectivity index (χ4v) is 4.41. The number of amides is 1. The minimum Gasteiger partial charge on any atom is -0.496 e. The molecule has 8 nitrogen and oxygen atoms in total.